The highest BCUT2D eigenvalue weighted by Crippen LogP contribution is 2.32. The summed E-state index contributed by atoms with van der Waals surface area (Å²) < 4.78 is 0. The van der Waals surface area contributed by atoms with Crippen LogP contribution < -0.4 is 0 Å². The maximum Gasteiger partial charge on any atom is 0.326 e. The number of nitrogens with zero attached hydrogens (tertiary/aromatic N) is 1. The van der Waals surface area contributed by atoms with E-state index in [-0.39, 0.29) is 17.7 Å². The van der Waals surface area contributed by atoms with Crippen LogP contribution in [0.15, 0.2) is 0 Å². The van der Waals surface area contributed by atoms with Crippen LogP contribution in [0.2, 0.25) is 0 Å². The van der Waals surface area contributed by atoms with Crippen LogP contribution >= 0.6 is 11.6 Å². The number of likely N-dealkylation sites (tertiary alicyclic amines) is 1. The molecule has 1 amide bonds. The third kappa shape index (κ3) is 2.79. The van der Waals surface area contributed by atoms with Crippen molar-refractivity contribution < 1.29 is 14.7 Å². The van der Waals surface area contributed by atoms with E-state index in [2.05, 4.69) is 0 Å². The summed E-state index contributed by atoms with van der Waals surface area (Å²) in [7, 11) is 0. The Hall–Kier alpha value is -0.770. The molecule has 1 saturated carbocycles. The van der Waals surface area contributed by atoms with Gasteiger partial charge in [-0.15, -0.1) is 11.6 Å². The van der Waals surface area contributed by atoms with E-state index in [1.807, 2.05) is 0 Å². The van der Waals surface area contributed by atoms with Crippen LogP contribution in [0.1, 0.15) is 38.5 Å². The molecular formula is C13H20ClNO3. The first-order valence-corrected chi connectivity index (χ1v) is 7.25. The number of amides is 1. The van der Waals surface area contributed by atoms with E-state index in [1.165, 1.54) is 6.42 Å². The lowest BCUT2D eigenvalue weighted by Gasteiger charge is -2.33. The molecule has 1 aliphatic carbocycles. The van der Waals surface area contributed by atoms with E-state index < -0.39 is 12.0 Å². The number of hydrogen-bond donors (Lipinski definition) is 1. The molecule has 102 valence electrons. The summed E-state index contributed by atoms with van der Waals surface area (Å²) >= 11 is 5.78. The van der Waals surface area contributed by atoms with Gasteiger partial charge in [0, 0.05) is 18.8 Å². The Balaban J connectivity index is 2.09. The minimum atomic E-state index is -0.856. The van der Waals surface area contributed by atoms with E-state index in [0.29, 0.717) is 18.8 Å². The summed E-state index contributed by atoms with van der Waals surface area (Å²) in [6.45, 7) is 0.510. The SMILES string of the molecule is O=C(O)C(C1CCCCC1)N1CC(CCl)CC1=O. The van der Waals surface area contributed by atoms with Crippen LogP contribution in [-0.2, 0) is 9.59 Å². The van der Waals surface area contributed by atoms with E-state index >= 15 is 0 Å². The molecule has 18 heavy (non-hydrogen) atoms. The lowest BCUT2D eigenvalue weighted by molar-refractivity contribution is -0.151. The van der Waals surface area contributed by atoms with Crippen molar-refractivity contribution in [2.24, 2.45) is 11.8 Å². The molecule has 0 bridgehead atoms. The number of carbonyl (C=O) groups excluding carboxylic acids is 1. The summed E-state index contributed by atoms with van der Waals surface area (Å²) in [6.07, 6.45) is 5.59. The molecule has 1 saturated heterocycles. The van der Waals surface area contributed by atoms with Crippen molar-refractivity contribution >= 4 is 23.5 Å². The van der Waals surface area contributed by atoms with E-state index in [9.17, 15) is 14.7 Å². The number of carbonyl (C=O) groups is 2. The highest BCUT2D eigenvalue weighted by atomic mass is 35.5. The number of rotatable bonds is 4. The van der Waals surface area contributed by atoms with Crippen LogP contribution in [0.5, 0.6) is 0 Å². The van der Waals surface area contributed by atoms with Crippen molar-refractivity contribution in [3.63, 3.8) is 0 Å². The molecule has 1 aliphatic heterocycles. The monoisotopic (exact) mass is 273 g/mol. The van der Waals surface area contributed by atoms with Gasteiger partial charge < -0.3 is 10.0 Å². The molecular weight excluding hydrogens is 254 g/mol. The highest BCUT2D eigenvalue weighted by molar-refractivity contribution is 6.18. The van der Waals surface area contributed by atoms with Gasteiger partial charge in [0.05, 0.1) is 0 Å². The smallest absolute Gasteiger partial charge is 0.326 e. The van der Waals surface area contributed by atoms with Crippen molar-refractivity contribution in [1.82, 2.24) is 4.90 Å². The van der Waals surface area contributed by atoms with Gasteiger partial charge in [-0.05, 0) is 24.7 Å². The molecule has 4 nitrogen and oxygen atoms in total. The summed E-state index contributed by atoms with van der Waals surface area (Å²) in [6, 6.07) is -0.633. The van der Waals surface area contributed by atoms with Crippen LogP contribution in [0.4, 0.5) is 0 Å². The molecule has 0 radical (unpaired) electrons. The Morgan fingerprint density at radius 1 is 1.39 bits per heavy atom. The fraction of sp³-hybridized carbons (Fsp3) is 0.846. The molecule has 2 unspecified atom stereocenters. The van der Waals surface area contributed by atoms with Gasteiger partial charge in [0.15, 0.2) is 0 Å². The number of hydrogen-bond acceptors (Lipinski definition) is 2. The summed E-state index contributed by atoms with van der Waals surface area (Å²) in [4.78, 5) is 25.0. The molecule has 5 heteroatoms. The van der Waals surface area contributed by atoms with Crippen molar-refractivity contribution in [3.8, 4) is 0 Å². The molecule has 2 rings (SSSR count). The highest BCUT2D eigenvalue weighted by Gasteiger charge is 2.41. The Kier molecular flexibility index (Phi) is 4.49. The molecule has 2 aliphatic rings. The lowest BCUT2D eigenvalue weighted by Crippen LogP contribution is -2.47. The van der Waals surface area contributed by atoms with Gasteiger partial charge in [-0.1, -0.05) is 19.3 Å². The maximum atomic E-state index is 11.9. The zero-order valence-electron chi connectivity index (χ0n) is 10.5. The van der Waals surface area contributed by atoms with Gasteiger partial charge in [0.25, 0.3) is 0 Å². The fourth-order valence-corrected chi connectivity index (χ4v) is 3.43. The van der Waals surface area contributed by atoms with Crippen molar-refractivity contribution in [2.45, 2.75) is 44.6 Å². The van der Waals surface area contributed by atoms with E-state index in [1.54, 1.807) is 4.90 Å². The summed E-state index contributed by atoms with van der Waals surface area (Å²) in [5, 5.41) is 9.44. The van der Waals surface area contributed by atoms with Crippen LogP contribution in [-0.4, -0.2) is 40.3 Å². The normalized spacial score (nSPS) is 27.5. The predicted octanol–water partition coefficient (Wildman–Crippen LogP) is 2.11. The number of aliphatic carboxylic acids is 1. The minimum Gasteiger partial charge on any atom is -0.480 e. The Bertz CT molecular complexity index is 328. The van der Waals surface area contributed by atoms with Gasteiger partial charge >= 0.3 is 5.97 Å². The van der Waals surface area contributed by atoms with Crippen molar-refractivity contribution in [3.05, 3.63) is 0 Å². The zero-order valence-corrected chi connectivity index (χ0v) is 11.2. The van der Waals surface area contributed by atoms with Crippen LogP contribution in [0.3, 0.4) is 0 Å². The van der Waals surface area contributed by atoms with Gasteiger partial charge in [-0.3, -0.25) is 4.79 Å². The fourth-order valence-electron chi connectivity index (χ4n) is 3.22. The quantitative estimate of drug-likeness (QED) is 0.798. The third-order valence-corrected chi connectivity index (χ3v) is 4.58. The number of carboxylic acid groups (broad SMARTS) is 1. The molecule has 1 heterocycles. The van der Waals surface area contributed by atoms with Gasteiger partial charge in [0.2, 0.25) is 5.91 Å². The first-order chi connectivity index (χ1) is 8.63. The average molecular weight is 274 g/mol. The first kappa shape index (κ1) is 13.7. The zero-order chi connectivity index (χ0) is 13.1. The number of alkyl halides is 1. The van der Waals surface area contributed by atoms with Gasteiger partial charge in [0.1, 0.15) is 6.04 Å². The maximum absolute atomic E-state index is 11.9. The third-order valence-electron chi connectivity index (χ3n) is 4.14. The van der Waals surface area contributed by atoms with Crippen molar-refractivity contribution in [2.75, 3.05) is 12.4 Å². The van der Waals surface area contributed by atoms with Gasteiger partial charge in [-0.2, -0.15) is 0 Å². The Morgan fingerprint density at radius 2 is 2.06 bits per heavy atom. The number of halogens is 1. The lowest BCUT2D eigenvalue weighted by atomic mass is 9.83. The number of carboxylic acids is 1. The van der Waals surface area contributed by atoms with Crippen LogP contribution in [0.25, 0.3) is 0 Å². The predicted molar refractivity (Wildman–Crippen MR) is 68.5 cm³/mol. The first-order valence-electron chi connectivity index (χ1n) is 6.71. The molecule has 2 fully saturated rings. The molecule has 0 aromatic heterocycles. The van der Waals surface area contributed by atoms with E-state index in [4.69, 9.17) is 11.6 Å². The largest absolute Gasteiger partial charge is 0.480 e. The minimum absolute atomic E-state index is 0.0429. The molecule has 1 N–H and O–H groups in total. The van der Waals surface area contributed by atoms with Crippen molar-refractivity contribution in [1.29, 1.82) is 0 Å². The molecule has 0 aromatic rings. The summed E-state index contributed by atoms with van der Waals surface area (Å²) in [5.74, 6) is -0.234. The van der Waals surface area contributed by atoms with Gasteiger partial charge in [-0.25, -0.2) is 4.79 Å². The summed E-state index contributed by atoms with van der Waals surface area (Å²) in [5.41, 5.74) is 0. The Morgan fingerprint density at radius 3 is 2.56 bits per heavy atom. The molecule has 0 aromatic carbocycles. The standard InChI is InChI=1S/C13H20ClNO3/c14-7-9-6-11(16)15(8-9)12(13(17)18)10-4-2-1-3-5-10/h9-10,12H,1-8H2,(H,17,18). The Labute approximate surface area is 112 Å². The molecule has 0 spiro atoms. The second-order valence-electron chi connectivity index (χ2n) is 5.45. The molecule has 2 atom stereocenters. The van der Waals surface area contributed by atoms with E-state index in [0.717, 1.165) is 25.7 Å². The van der Waals surface area contributed by atoms with Crippen LogP contribution in [0, 0.1) is 11.8 Å². The topological polar surface area (TPSA) is 57.6 Å². The second kappa shape index (κ2) is 5.91. The average Bonchev–Trinajstić information content (AvgIpc) is 2.72. The second-order valence-corrected chi connectivity index (χ2v) is 5.76.